The van der Waals surface area contributed by atoms with Crippen molar-refractivity contribution in [3.63, 3.8) is 0 Å². The van der Waals surface area contributed by atoms with Gasteiger partial charge in [0.05, 0.1) is 19.1 Å². The highest BCUT2D eigenvalue weighted by Crippen LogP contribution is 2.41. The number of aliphatic carboxylic acids is 1. The molecule has 1 aliphatic rings. The Morgan fingerprint density at radius 3 is 2.39 bits per heavy atom. The highest BCUT2D eigenvalue weighted by Gasteiger charge is 2.39. The molecule has 1 aliphatic heterocycles. The molecule has 1 heterocycles. The van der Waals surface area contributed by atoms with Crippen LogP contribution in [-0.2, 0) is 4.79 Å². The molecule has 0 bridgehead atoms. The van der Waals surface area contributed by atoms with Gasteiger partial charge in [-0.2, -0.15) is 0 Å². The van der Waals surface area contributed by atoms with Crippen molar-refractivity contribution >= 4 is 11.7 Å². The highest BCUT2D eigenvalue weighted by molar-refractivity contribution is 5.74. The van der Waals surface area contributed by atoms with Crippen molar-refractivity contribution in [1.29, 1.82) is 0 Å². The maximum Gasteiger partial charge on any atom is 0.309 e. The summed E-state index contributed by atoms with van der Waals surface area (Å²) in [4.78, 5) is 13.7. The van der Waals surface area contributed by atoms with E-state index in [0.29, 0.717) is 13.0 Å². The third-order valence-electron chi connectivity index (χ3n) is 4.33. The number of hydrogen-bond acceptors (Lipinski definition) is 3. The first-order valence-corrected chi connectivity index (χ1v) is 7.49. The van der Waals surface area contributed by atoms with Crippen LogP contribution in [0.5, 0.6) is 5.75 Å². The summed E-state index contributed by atoms with van der Waals surface area (Å²) in [6.07, 6.45) is 0.559. The number of carboxylic acids is 1. The molecule has 0 aromatic heterocycles. The van der Waals surface area contributed by atoms with Gasteiger partial charge in [-0.25, -0.2) is 4.39 Å². The van der Waals surface area contributed by atoms with Crippen LogP contribution in [0.1, 0.15) is 18.0 Å². The van der Waals surface area contributed by atoms with E-state index in [9.17, 15) is 14.3 Å². The average Bonchev–Trinajstić information content (AvgIpc) is 3.01. The molecule has 2 aromatic carbocycles. The van der Waals surface area contributed by atoms with E-state index in [1.807, 2.05) is 29.2 Å². The van der Waals surface area contributed by atoms with Crippen molar-refractivity contribution < 1.29 is 19.0 Å². The number of carboxylic acid groups (broad SMARTS) is 1. The summed E-state index contributed by atoms with van der Waals surface area (Å²) in [5, 5.41) is 9.54. The lowest BCUT2D eigenvalue weighted by Crippen LogP contribution is -2.28. The molecule has 1 fully saturated rings. The molecule has 0 saturated carbocycles. The van der Waals surface area contributed by atoms with Gasteiger partial charge in [0, 0.05) is 12.2 Å². The molecule has 2 aromatic rings. The topological polar surface area (TPSA) is 49.8 Å². The maximum atomic E-state index is 13.2. The zero-order valence-corrected chi connectivity index (χ0v) is 12.8. The molecule has 1 saturated heterocycles. The minimum absolute atomic E-state index is 0.274. The van der Waals surface area contributed by atoms with E-state index >= 15 is 0 Å². The van der Waals surface area contributed by atoms with Gasteiger partial charge >= 0.3 is 5.97 Å². The number of hydrogen-bond donors (Lipinski definition) is 1. The highest BCUT2D eigenvalue weighted by atomic mass is 19.1. The Hall–Kier alpha value is -2.56. The predicted octanol–water partition coefficient (Wildman–Crippen LogP) is 3.49. The fourth-order valence-electron chi connectivity index (χ4n) is 3.19. The van der Waals surface area contributed by atoms with Crippen LogP contribution in [0.2, 0.25) is 0 Å². The number of ether oxygens (including phenoxy) is 1. The molecule has 0 spiro atoms. The molecule has 5 heteroatoms. The van der Waals surface area contributed by atoms with Crippen LogP contribution in [0.4, 0.5) is 10.1 Å². The van der Waals surface area contributed by atoms with Crippen LogP contribution in [-0.4, -0.2) is 24.7 Å². The van der Waals surface area contributed by atoms with Gasteiger partial charge in [0.1, 0.15) is 11.6 Å². The summed E-state index contributed by atoms with van der Waals surface area (Å²) in [6, 6.07) is 13.3. The molecule has 4 nitrogen and oxygen atoms in total. The average molecular weight is 315 g/mol. The Morgan fingerprint density at radius 1 is 1.17 bits per heavy atom. The second-order valence-corrected chi connectivity index (χ2v) is 5.62. The molecule has 3 rings (SSSR count). The Bertz CT molecular complexity index is 684. The zero-order valence-electron chi connectivity index (χ0n) is 12.8. The molecule has 120 valence electrons. The van der Waals surface area contributed by atoms with Gasteiger partial charge in [-0.3, -0.25) is 4.79 Å². The van der Waals surface area contributed by atoms with Gasteiger partial charge in [-0.15, -0.1) is 0 Å². The minimum Gasteiger partial charge on any atom is -0.497 e. The van der Waals surface area contributed by atoms with Gasteiger partial charge in [-0.1, -0.05) is 12.1 Å². The summed E-state index contributed by atoms with van der Waals surface area (Å²) < 4.78 is 18.3. The summed E-state index contributed by atoms with van der Waals surface area (Å²) in [6.45, 7) is 0.624. The Balaban J connectivity index is 1.97. The van der Waals surface area contributed by atoms with Crippen molar-refractivity contribution in [2.75, 3.05) is 18.6 Å². The number of methoxy groups -OCH3 is 1. The second-order valence-electron chi connectivity index (χ2n) is 5.62. The lowest BCUT2D eigenvalue weighted by atomic mass is 9.93. The number of halogens is 1. The first-order valence-electron chi connectivity index (χ1n) is 7.49. The second kappa shape index (κ2) is 6.28. The minimum atomic E-state index is -0.810. The quantitative estimate of drug-likeness (QED) is 0.938. The first-order chi connectivity index (χ1) is 11.1. The van der Waals surface area contributed by atoms with Crippen LogP contribution in [0.25, 0.3) is 0 Å². The molecule has 0 amide bonds. The SMILES string of the molecule is COc1ccc([C@H]2[C@H](C(=O)O)CCN2c2ccc(F)cc2)cc1. The van der Waals surface area contributed by atoms with E-state index in [0.717, 1.165) is 17.0 Å². The fourth-order valence-corrected chi connectivity index (χ4v) is 3.19. The Labute approximate surface area is 134 Å². The Kier molecular flexibility index (Phi) is 4.19. The van der Waals surface area contributed by atoms with Gasteiger partial charge < -0.3 is 14.7 Å². The van der Waals surface area contributed by atoms with Gasteiger partial charge in [-0.05, 0) is 48.4 Å². The lowest BCUT2D eigenvalue weighted by Gasteiger charge is -2.29. The number of anilines is 1. The van der Waals surface area contributed by atoms with Crippen LogP contribution in [0, 0.1) is 11.7 Å². The Morgan fingerprint density at radius 2 is 1.83 bits per heavy atom. The van der Waals surface area contributed by atoms with Crippen molar-refractivity contribution in [2.24, 2.45) is 5.92 Å². The normalized spacial score (nSPS) is 20.5. The monoisotopic (exact) mass is 315 g/mol. The smallest absolute Gasteiger partial charge is 0.309 e. The molecular formula is C18H18FNO3. The molecule has 0 aliphatic carbocycles. The van der Waals surface area contributed by atoms with Crippen molar-refractivity contribution in [3.8, 4) is 5.75 Å². The summed E-state index contributed by atoms with van der Waals surface area (Å²) in [5.74, 6) is -0.875. The number of carbonyl (C=O) groups is 1. The lowest BCUT2D eigenvalue weighted by molar-refractivity contribution is -0.141. The third-order valence-corrected chi connectivity index (χ3v) is 4.33. The van der Waals surface area contributed by atoms with E-state index in [1.165, 1.54) is 12.1 Å². The van der Waals surface area contributed by atoms with Crippen molar-refractivity contribution in [1.82, 2.24) is 0 Å². The number of nitrogens with zero attached hydrogens (tertiary/aromatic N) is 1. The van der Waals surface area contributed by atoms with Crippen LogP contribution >= 0.6 is 0 Å². The molecular weight excluding hydrogens is 297 g/mol. The van der Waals surface area contributed by atoms with E-state index in [-0.39, 0.29) is 11.9 Å². The van der Waals surface area contributed by atoms with Gasteiger partial charge in [0.15, 0.2) is 0 Å². The van der Waals surface area contributed by atoms with Crippen LogP contribution in [0.15, 0.2) is 48.5 Å². The summed E-state index contributed by atoms with van der Waals surface area (Å²) >= 11 is 0. The maximum absolute atomic E-state index is 13.2. The standard InChI is InChI=1S/C18H18FNO3/c1-23-15-8-2-12(3-9-15)17-16(18(21)22)10-11-20(17)14-6-4-13(19)5-7-14/h2-9,16-17H,10-11H2,1H3,(H,21,22)/t16-,17+/m1/s1. The molecule has 23 heavy (non-hydrogen) atoms. The van der Waals surface area contributed by atoms with Crippen LogP contribution < -0.4 is 9.64 Å². The molecule has 1 N–H and O–H groups in total. The van der Waals surface area contributed by atoms with Gasteiger partial charge in [0.2, 0.25) is 0 Å². The molecule has 2 atom stereocenters. The van der Waals surface area contributed by atoms with E-state index in [1.54, 1.807) is 19.2 Å². The fraction of sp³-hybridized carbons (Fsp3) is 0.278. The van der Waals surface area contributed by atoms with Crippen molar-refractivity contribution in [2.45, 2.75) is 12.5 Å². The van der Waals surface area contributed by atoms with E-state index in [2.05, 4.69) is 0 Å². The third kappa shape index (κ3) is 2.99. The summed E-state index contributed by atoms with van der Waals surface area (Å²) in [7, 11) is 1.59. The zero-order chi connectivity index (χ0) is 16.4. The molecule has 0 unspecified atom stereocenters. The number of benzene rings is 2. The van der Waals surface area contributed by atoms with E-state index < -0.39 is 11.9 Å². The van der Waals surface area contributed by atoms with E-state index in [4.69, 9.17) is 4.74 Å². The largest absolute Gasteiger partial charge is 0.497 e. The molecule has 0 radical (unpaired) electrons. The van der Waals surface area contributed by atoms with Crippen LogP contribution in [0.3, 0.4) is 0 Å². The predicted molar refractivity (Wildman–Crippen MR) is 85.2 cm³/mol. The first kappa shape index (κ1) is 15.3. The van der Waals surface area contributed by atoms with Gasteiger partial charge in [0.25, 0.3) is 0 Å². The summed E-state index contributed by atoms with van der Waals surface area (Å²) in [5.41, 5.74) is 1.75. The number of rotatable bonds is 4. The van der Waals surface area contributed by atoms with Crippen molar-refractivity contribution in [3.05, 3.63) is 59.9 Å².